The van der Waals surface area contributed by atoms with Crippen molar-refractivity contribution in [1.82, 2.24) is 9.80 Å². The number of hydrogen-bond acceptors (Lipinski definition) is 6. The molecule has 1 fully saturated rings. The lowest BCUT2D eigenvalue weighted by molar-refractivity contribution is -0.384. The molecule has 0 radical (unpaired) electrons. The third kappa shape index (κ3) is 5.51. The molecule has 138 valence electrons. The Balaban J connectivity index is 1.90. The minimum atomic E-state index is -0.477. The van der Waals surface area contributed by atoms with Crippen molar-refractivity contribution in [2.24, 2.45) is 5.92 Å². The molecule has 0 aliphatic carbocycles. The number of anilines is 1. The molecule has 0 spiro atoms. The molecular weight excluding hydrogens is 320 g/mol. The van der Waals surface area contributed by atoms with Crippen molar-refractivity contribution in [3.05, 3.63) is 33.9 Å². The van der Waals surface area contributed by atoms with E-state index >= 15 is 0 Å². The Labute approximate surface area is 149 Å². The number of carbonyl (C=O) groups is 1. The predicted molar refractivity (Wildman–Crippen MR) is 99.3 cm³/mol. The third-order valence-corrected chi connectivity index (χ3v) is 4.72. The van der Waals surface area contributed by atoms with E-state index in [1.807, 2.05) is 0 Å². The number of hydrogen-bond donors (Lipinski definition) is 1. The third-order valence-electron chi connectivity index (χ3n) is 4.72. The molecule has 0 bridgehead atoms. The van der Waals surface area contributed by atoms with Crippen LogP contribution in [0, 0.1) is 16.0 Å². The fourth-order valence-corrected chi connectivity index (χ4v) is 3.17. The van der Waals surface area contributed by atoms with E-state index < -0.39 is 4.92 Å². The fourth-order valence-electron chi connectivity index (χ4n) is 3.17. The summed E-state index contributed by atoms with van der Waals surface area (Å²) in [5.74, 6) is 0.248. The number of carbonyl (C=O) groups excluding carboxylic acids is 1. The number of non-ortho nitro benzene ring substituents is 1. The Bertz CT molecular complexity index is 612. The predicted octanol–water partition coefficient (Wildman–Crippen LogP) is 2.48. The van der Waals surface area contributed by atoms with Crippen LogP contribution in [0.4, 0.5) is 11.4 Å². The summed E-state index contributed by atoms with van der Waals surface area (Å²) >= 11 is 0. The van der Waals surface area contributed by atoms with E-state index in [1.54, 1.807) is 6.07 Å². The molecule has 1 unspecified atom stereocenters. The standard InChI is InChI=1S/C18H28N4O3/c1-4-20-7-9-21(10-8-20)13-14(2)12-19-18-6-5-16(22(24)25)11-17(18)15(3)23/h5-6,11,14,19H,4,7-10,12-13H2,1-3H3. The van der Waals surface area contributed by atoms with Crippen molar-refractivity contribution in [3.8, 4) is 0 Å². The molecule has 1 aliphatic heterocycles. The molecule has 25 heavy (non-hydrogen) atoms. The molecule has 1 aromatic rings. The van der Waals surface area contributed by atoms with Gasteiger partial charge in [-0.2, -0.15) is 0 Å². The summed E-state index contributed by atoms with van der Waals surface area (Å²) in [6.07, 6.45) is 0. The number of nitrogens with one attached hydrogen (secondary N) is 1. The molecule has 1 saturated heterocycles. The van der Waals surface area contributed by atoms with Gasteiger partial charge in [0.25, 0.3) is 5.69 Å². The minimum Gasteiger partial charge on any atom is -0.384 e. The molecular formula is C18H28N4O3. The Morgan fingerprint density at radius 3 is 2.48 bits per heavy atom. The molecule has 0 amide bonds. The van der Waals surface area contributed by atoms with Crippen molar-refractivity contribution in [3.63, 3.8) is 0 Å². The smallest absolute Gasteiger partial charge is 0.270 e. The summed E-state index contributed by atoms with van der Waals surface area (Å²) in [5, 5.41) is 14.2. The van der Waals surface area contributed by atoms with Gasteiger partial charge in [-0.1, -0.05) is 13.8 Å². The molecule has 1 atom stereocenters. The molecule has 0 saturated carbocycles. The molecule has 1 aliphatic rings. The van der Waals surface area contributed by atoms with Crippen LogP contribution in [0.15, 0.2) is 18.2 Å². The second-order valence-electron chi connectivity index (χ2n) is 6.76. The summed E-state index contributed by atoms with van der Waals surface area (Å²) < 4.78 is 0. The molecule has 0 aromatic heterocycles. The van der Waals surface area contributed by atoms with Gasteiger partial charge in [0.15, 0.2) is 5.78 Å². The van der Waals surface area contributed by atoms with E-state index in [0.717, 1.165) is 45.8 Å². The number of ketones is 1. The summed E-state index contributed by atoms with van der Waals surface area (Å²) in [4.78, 5) is 27.1. The summed E-state index contributed by atoms with van der Waals surface area (Å²) in [7, 11) is 0. The van der Waals surface area contributed by atoms with E-state index in [-0.39, 0.29) is 11.5 Å². The quantitative estimate of drug-likeness (QED) is 0.442. The van der Waals surface area contributed by atoms with Crippen LogP contribution < -0.4 is 5.32 Å². The van der Waals surface area contributed by atoms with Crippen LogP contribution in [0.5, 0.6) is 0 Å². The first-order valence-electron chi connectivity index (χ1n) is 8.88. The van der Waals surface area contributed by atoms with Gasteiger partial charge in [-0.25, -0.2) is 0 Å². The first-order valence-corrected chi connectivity index (χ1v) is 8.88. The van der Waals surface area contributed by atoms with E-state index in [0.29, 0.717) is 17.2 Å². The molecule has 1 N–H and O–H groups in total. The summed E-state index contributed by atoms with van der Waals surface area (Å²) in [6.45, 7) is 13.1. The summed E-state index contributed by atoms with van der Waals surface area (Å²) in [5.41, 5.74) is 0.983. The van der Waals surface area contributed by atoms with Crippen LogP contribution in [0.3, 0.4) is 0 Å². The number of benzene rings is 1. The monoisotopic (exact) mass is 348 g/mol. The molecule has 7 nitrogen and oxygen atoms in total. The average Bonchev–Trinajstić information content (AvgIpc) is 2.60. The van der Waals surface area contributed by atoms with Gasteiger partial charge in [0.1, 0.15) is 0 Å². The van der Waals surface area contributed by atoms with Gasteiger partial charge < -0.3 is 15.1 Å². The van der Waals surface area contributed by atoms with Gasteiger partial charge in [-0.15, -0.1) is 0 Å². The van der Waals surface area contributed by atoms with Gasteiger partial charge in [0.05, 0.1) is 4.92 Å². The van der Waals surface area contributed by atoms with E-state index in [2.05, 4.69) is 29.0 Å². The topological polar surface area (TPSA) is 78.7 Å². The second kappa shape index (κ2) is 8.92. The molecule has 2 rings (SSSR count). The summed E-state index contributed by atoms with van der Waals surface area (Å²) in [6, 6.07) is 4.41. The fraction of sp³-hybridized carbons (Fsp3) is 0.611. The van der Waals surface area contributed by atoms with Gasteiger partial charge in [0.2, 0.25) is 0 Å². The van der Waals surface area contributed by atoms with E-state index in [1.165, 1.54) is 19.1 Å². The maximum atomic E-state index is 11.8. The van der Waals surface area contributed by atoms with Crippen LogP contribution >= 0.6 is 0 Å². The number of nitrogens with zero attached hydrogens (tertiary/aromatic N) is 3. The lowest BCUT2D eigenvalue weighted by atomic mass is 10.1. The maximum absolute atomic E-state index is 11.8. The van der Waals surface area contributed by atoms with Crippen LogP contribution in [0.2, 0.25) is 0 Å². The van der Waals surface area contributed by atoms with Gasteiger partial charge in [-0.3, -0.25) is 14.9 Å². The zero-order valence-corrected chi connectivity index (χ0v) is 15.3. The number of rotatable bonds is 8. The molecule has 7 heteroatoms. The number of piperazine rings is 1. The zero-order valence-electron chi connectivity index (χ0n) is 15.3. The van der Waals surface area contributed by atoms with Crippen molar-refractivity contribution in [1.29, 1.82) is 0 Å². The highest BCUT2D eigenvalue weighted by molar-refractivity contribution is 6.00. The SMILES string of the molecule is CCN1CCN(CC(C)CNc2ccc([N+](=O)[O-])cc2C(C)=O)CC1. The largest absolute Gasteiger partial charge is 0.384 e. The Morgan fingerprint density at radius 1 is 1.28 bits per heavy atom. The maximum Gasteiger partial charge on any atom is 0.270 e. The highest BCUT2D eigenvalue weighted by Crippen LogP contribution is 2.23. The Kier molecular flexibility index (Phi) is 6.90. The average molecular weight is 348 g/mol. The first-order chi connectivity index (χ1) is 11.9. The van der Waals surface area contributed by atoms with E-state index in [9.17, 15) is 14.9 Å². The van der Waals surface area contributed by atoms with Gasteiger partial charge >= 0.3 is 0 Å². The number of nitro benzene ring substituents is 1. The van der Waals surface area contributed by atoms with Crippen LogP contribution in [0.1, 0.15) is 31.1 Å². The van der Waals surface area contributed by atoms with Crippen molar-refractivity contribution < 1.29 is 9.72 Å². The molecule has 1 aromatic carbocycles. The van der Waals surface area contributed by atoms with Crippen molar-refractivity contribution in [2.45, 2.75) is 20.8 Å². The Morgan fingerprint density at radius 2 is 1.92 bits per heavy atom. The Hall–Kier alpha value is -1.99. The van der Waals surface area contributed by atoms with Crippen molar-refractivity contribution in [2.75, 3.05) is 51.1 Å². The molecule has 1 heterocycles. The zero-order chi connectivity index (χ0) is 18.4. The second-order valence-corrected chi connectivity index (χ2v) is 6.76. The van der Waals surface area contributed by atoms with E-state index in [4.69, 9.17) is 0 Å². The normalized spacial score (nSPS) is 17.2. The van der Waals surface area contributed by atoms with Gasteiger partial charge in [-0.05, 0) is 25.5 Å². The van der Waals surface area contributed by atoms with Gasteiger partial charge in [0, 0.05) is 62.7 Å². The van der Waals surface area contributed by atoms with Crippen LogP contribution in [-0.4, -0.2) is 66.3 Å². The van der Waals surface area contributed by atoms with Crippen LogP contribution in [0.25, 0.3) is 0 Å². The highest BCUT2D eigenvalue weighted by Gasteiger charge is 2.18. The first kappa shape index (κ1) is 19.3. The lowest BCUT2D eigenvalue weighted by Gasteiger charge is -2.35. The minimum absolute atomic E-state index is 0.0578. The van der Waals surface area contributed by atoms with Crippen molar-refractivity contribution >= 4 is 17.2 Å². The number of likely N-dealkylation sites (N-methyl/N-ethyl adjacent to an activating group) is 1. The van der Waals surface area contributed by atoms with Crippen LogP contribution in [-0.2, 0) is 0 Å². The number of Topliss-reactive ketones (excluding diaryl/α,β-unsaturated/α-hetero) is 1. The highest BCUT2D eigenvalue weighted by atomic mass is 16.6. The number of nitro groups is 1. The lowest BCUT2D eigenvalue weighted by Crippen LogP contribution is -2.47.